The maximum Gasteiger partial charge on any atom is 0.279 e. The summed E-state index contributed by atoms with van der Waals surface area (Å²) in [4.78, 5) is 46.1. The van der Waals surface area contributed by atoms with Gasteiger partial charge in [-0.25, -0.2) is 18.4 Å². The van der Waals surface area contributed by atoms with Gasteiger partial charge in [0.05, 0.1) is 28.5 Å². The van der Waals surface area contributed by atoms with Gasteiger partial charge in [0.25, 0.3) is 11.5 Å². The Kier molecular flexibility index (Phi) is 8.00. The Hall–Kier alpha value is -4.39. The van der Waals surface area contributed by atoms with Gasteiger partial charge in [0.2, 0.25) is 11.8 Å². The number of carbonyl (C=O) groups excluding carboxylic acids is 2. The minimum absolute atomic E-state index is 0.0511. The van der Waals surface area contributed by atoms with Crippen molar-refractivity contribution in [3.8, 4) is 28.3 Å². The van der Waals surface area contributed by atoms with Crippen molar-refractivity contribution in [2.24, 2.45) is 12.5 Å². The first-order valence-corrected chi connectivity index (χ1v) is 16.0. The Morgan fingerprint density at radius 1 is 1.02 bits per heavy atom. The molecule has 14 heteroatoms. The van der Waals surface area contributed by atoms with Crippen LogP contribution in [-0.2, 0) is 18.3 Å². The number of pyridine rings is 1. The van der Waals surface area contributed by atoms with E-state index in [1.807, 2.05) is 11.0 Å². The van der Waals surface area contributed by atoms with Gasteiger partial charge in [-0.05, 0) is 54.8 Å². The highest BCUT2D eigenvalue weighted by molar-refractivity contribution is 6.39. The molecule has 4 heterocycles. The lowest BCUT2D eigenvalue weighted by molar-refractivity contribution is -0.161. The van der Waals surface area contributed by atoms with Crippen LogP contribution in [0.1, 0.15) is 40.9 Å². The van der Waals surface area contributed by atoms with Crippen LogP contribution in [-0.4, -0.2) is 69.7 Å². The van der Waals surface area contributed by atoms with Crippen LogP contribution in [0.2, 0.25) is 10.0 Å². The number of benzene rings is 2. The SMILES string of the molecule is COc1nc(-c2ccc(F)c(-c3c(F)ccc(NC(=O)c4ccnn(C)c4=O)c3Cl)c2Cl)cc2c1[C@@H](N1CC3(CN(C(C)=O)C3)C1)CC2. The molecule has 0 unspecified atom stereocenters. The number of aryl methyl sites for hydroxylation is 2. The van der Waals surface area contributed by atoms with E-state index in [1.165, 1.54) is 31.4 Å². The maximum absolute atomic E-state index is 15.5. The molecule has 4 aromatic rings. The number of likely N-dealkylation sites (tertiary alicyclic amines) is 2. The molecule has 2 aliphatic heterocycles. The lowest BCUT2D eigenvalue weighted by atomic mass is 9.72. The second-order valence-corrected chi connectivity index (χ2v) is 13.4. The quantitative estimate of drug-likeness (QED) is 0.284. The van der Waals surface area contributed by atoms with Gasteiger partial charge >= 0.3 is 0 Å². The monoisotopic (exact) mass is 694 g/mol. The molecule has 10 nitrogen and oxygen atoms in total. The molecule has 48 heavy (non-hydrogen) atoms. The average molecular weight is 696 g/mol. The van der Waals surface area contributed by atoms with Crippen molar-refractivity contribution in [1.82, 2.24) is 24.6 Å². The van der Waals surface area contributed by atoms with Crippen molar-refractivity contribution in [2.75, 3.05) is 38.6 Å². The van der Waals surface area contributed by atoms with Gasteiger partial charge in [-0.15, -0.1) is 0 Å². The summed E-state index contributed by atoms with van der Waals surface area (Å²) in [5.41, 5.74) is 1.36. The first kappa shape index (κ1) is 32.2. The topological polar surface area (TPSA) is 110 Å². The molecule has 3 aliphatic rings. The number of hydrogen-bond donors (Lipinski definition) is 1. The Morgan fingerprint density at radius 2 is 1.71 bits per heavy atom. The van der Waals surface area contributed by atoms with Crippen LogP contribution >= 0.6 is 23.2 Å². The number of hydrogen-bond acceptors (Lipinski definition) is 7. The minimum Gasteiger partial charge on any atom is -0.481 e. The van der Waals surface area contributed by atoms with Crippen molar-refractivity contribution >= 4 is 40.7 Å². The van der Waals surface area contributed by atoms with Crippen LogP contribution in [0.3, 0.4) is 0 Å². The Labute approximate surface area is 284 Å². The van der Waals surface area contributed by atoms with E-state index in [-0.39, 0.29) is 49.8 Å². The smallest absolute Gasteiger partial charge is 0.279 e. The third kappa shape index (κ3) is 5.22. The standard InChI is InChI=1S/C34H30Cl2F2N6O4/c1-17(45)43-13-34(14-43)15-44(16-34)25-9-4-18-12-24(41-32(48-3)26(18)25)19-5-6-21(37)27(29(19)35)28-22(38)7-8-23(30(28)36)40-31(46)20-10-11-39-42(2)33(20)47/h5-8,10-12,25H,4,9,13-16H2,1-3H3,(H,40,46)/t25-/m0/s1. The van der Waals surface area contributed by atoms with Gasteiger partial charge in [0.15, 0.2) is 0 Å². The molecular formula is C34H30Cl2F2N6O4. The van der Waals surface area contributed by atoms with Gasteiger partial charge in [-0.1, -0.05) is 23.2 Å². The van der Waals surface area contributed by atoms with E-state index in [1.54, 1.807) is 14.0 Å². The Morgan fingerprint density at radius 3 is 2.40 bits per heavy atom. The van der Waals surface area contributed by atoms with Crippen molar-refractivity contribution in [2.45, 2.75) is 25.8 Å². The third-order valence-corrected chi connectivity index (χ3v) is 10.3. The number of nitrogens with one attached hydrogen (secondary N) is 1. The summed E-state index contributed by atoms with van der Waals surface area (Å²) in [6.45, 7) is 4.94. The van der Waals surface area contributed by atoms with Crippen LogP contribution in [0.4, 0.5) is 14.5 Å². The molecule has 0 radical (unpaired) electrons. The molecule has 248 valence electrons. The molecule has 1 spiro atoms. The highest BCUT2D eigenvalue weighted by Crippen LogP contribution is 2.50. The van der Waals surface area contributed by atoms with Gasteiger partial charge in [-0.2, -0.15) is 5.10 Å². The van der Waals surface area contributed by atoms with Crippen molar-refractivity contribution < 1.29 is 23.1 Å². The van der Waals surface area contributed by atoms with Crippen LogP contribution in [0.25, 0.3) is 22.4 Å². The first-order chi connectivity index (χ1) is 22.9. The fourth-order valence-electron chi connectivity index (χ4n) is 7.19. The summed E-state index contributed by atoms with van der Waals surface area (Å²) in [6.07, 6.45) is 2.93. The predicted molar refractivity (Wildman–Crippen MR) is 176 cm³/mol. The number of methoxy groups -OCH3 is 1. The summed E-state index contributed by atoms with van der Waals surface area (Å²) < 4.78 is 37.8. The molecule has 2 aromatic heterocycles. The van der Waals surface area contributed by atoms with Crippen LogP contribution in [0, 0.1) is 17.0 Å². The fourth-order valence-corrected chi connectivity index (χ4v) is 7.83. The molecule has 2 fully saturated rings. The number of fused-ring (bicyclic) bond motifs is 1. The Bertz CT molecular complexity index is 2080. The number of rotatable bonds is 6. The molecule has 2 aromatic carbocycles. The van der Waals surface area contributed by atoms with E-state index in [9.17, 15) is 14.4 Å². The highest BCUT2D eigenvalue weighted by atomic mass is 35.5. The third-order valence-electron chi connectivity index (χ3n) is 9.55. The normalized spacial score (nSPS) is 17.9. The van der Waals surface area contributed by atoms with E-state index in [0.717, 1.165) is 67.0 Å². The average Bonchev–Trinajstić information content (AvgIpc) is 3.43. The number of carbonyl (C=O) groups is 2. The number of halogens is 4. The molecule has 1 N–H and O–H groups in total. The summed E-state index contributed by atoms with van der Waals surface area (Å²) in [6, 6.07) is 8.13. The minimum atomic E-state index is -0.872. The second kappa shape index (κ2) is 11.9. The van der Waals surface area contributed by atoms with Crippen molar-refractivity contribution in [1.29, 1.82) is 0 Å². The molecule has 7 rings (SSSR count). The molecule has 0 saturated carbocycles. The largest absolute Gasteiger partial charge is 0.481 e. The van der Waals surface area contributed by atoms with Gasteiger partial charge in [-0.3, -0.25) is 19.3 Å². The zero-order valence-electron chi connectivity index (χ0n) is 26.2. The number of aromatic nitrogens is 3. The van der Waals surface area contributed by atoms with Crippen LogP contribution in [0.5, 0.6) is 5.88 Å². The molecule has 2 saturated heterocycles. The summed E-state index contributed by atoms with van der Waals surface area (Å²) in [7, 11) is 2.94. The van der Waals surface area contributed by atoms with E-state index in [4.69, 9.17) is 32.9 Å². The second-order valence-electron chi connectivity index (χ2n) is 12.6. The lowest BCUT2D eigenvalue weighted by Crippen LogP contribution is -2.72. The first-order valence-electron chi connectivity index (χ1n) is 15.3. The van der Waals surface area contributed by atoms with Crippen LogP contribution < -0.4 is 15.6 Å². The summed E-state index contributed by atoms with van der Waals surface area (Å²) >= 11 is 13.4. The molecule has 2 amide bonds. The molecule has 0 bridgehead atoms. The van der Waals surface area contributed by atoms with E-state index >= 15 is 8.78 Å². The van der Waals surface area contributed by atoms with E-state index in [2.05, 4.69) is 15.3 Å². The van der Waals surface area contributed by atoms with Gasteiger partial charge < -0.3 is 15.0 Å². The van der Waals surface area contributed by atoms with Gasteiger partial charge in [0, 0.05) is 80.1 Å². The zero-order valence-corrected chi connectivity index (χ0v) is 27.8. The van der Waals surface area contributed by atoms with Crippen LogP contribution in [0.15, 0.2) is 47.4 Å². The summed E-state index contributed by atoms with van der Waals surface area (Å²) in [5.74, 6) is -1.98. The van der Waals surface area contributed by atoms with E-state index < -0.39 is 23.1 Å². The predicted octanol–water partition coefficient (Wildman–Crippen LogP) is 5.51. The van der Waals surface area contributed by atoms with Gasteiger partial charge in [0.1, 0.15) is 17.2 Å². The Balaban J connectivity index is 1.21. The number of anilines is 1. The molecule has 1 aliphatic carbocycles. The number of nitrogens with zero attached hydrogens (tertiary/aromatic N) is 5. The fraction of sp³-hybridized carbons (Fsp3) is 0.324. The zero-order chi connectivity index (χ0) is 34.1. The highest BCUT2D eigenvalue weighted by Gasteiger charge is 2.55. The summed E-state index contributed by atoms with van der Waals surface area (Å²) in [5, 5.41) is 5.87. The van der Waals surface area contributed by atoms with Crippen molar-refractivity contribution in [3.63, 3.8) is 0 Å². The number of amides is 2. The molecule has 1 atom stereocenters. The number of ether oxygens (including phenoxy) is 1. The lowest BCUT2D eigenvalue weighted by Gasteiger charge is -2.61. The maximum atomic E-state index is 15.5. The van der Waals surface area contributed by atoms with Crippen molar-refractivity contribution in [3.05, 3.63) is 91.3 Å². The van der Waals surface area contributed by atoms with E-state index in [0.29, 0.717) is 17.1 Å². The molecular weight excluding hydrogens is 665 g/mol.